The normalized spacial score (nSPS) is 12.1. The Bertz CT molecular complexity index is 365. The second-order valence-corrected chi connectivity index (χ2v) is 4.88. The predicted octanol–water partition coefficient (Wildman–Crippen LogP) is 2.04. The second kappa shape index (κ2) is 4.77. The molecule has 1 atom stereocenters. The Balaban J connectivity index is 2.70. The van der Waals surface area contributed by atoms with Crippen LogP contribution in [0.1, 0.15) is 19.4 Å². The first-order chi connectivity index (χ1) is 6.63. The molecule has 0 aliphatic heterocycles. The van der Waals surface area contributed by atoms with Crippen molar-refractivity contribution in [3.05, 3.63) is 29.8 Å². The molecule has 0 radical (unpaired) electrons. The Labute approximate surface area is 86.3 Å². The second-order valence-electron chi connectivity index (χ2n) is 3.14. The molecule has 0 spiro atoms. The van der Waals surface area contributed by atoms with E-state index in [-0.39, 0.29) is 5.25 Å². The van der Waals surface area contributed by atoms with Crippen LogP contribution >= 0.6 is 0 Å². The van der Waals surface area contributed by atoms with Crippen molar-refractivity contribution in [2.45, 2.75) is 19.1 Å². The van der Waals surface area contributed by atoms with Crippen LogP contribution in [0.2, 0.25) is 0 Å². The first kappa shape index (κ1) is 10.7. The van der Waals surface area contributed by atoms with Gasteiger partial charge in [-0.1, -0.05) is 0 Å². The van der Waals surface area contributed by atoms with E-state index in [0.717, 1.165) is 5.69 Å². The fraction of sp³-hybridized carbons (Fsp3) is 0.300. The monoisotopic (exact) mass is 208 g/mol. The molecular weight excluding hydrogens is 196 g/mol. The van der Waals surface area contributed by atoms with E-state index < -0.39 is 11.0 Å². The maximum absolute atomic E-state index is 11.4. The molecule has 0 aliphatic carbocycles. The highest BCUT2D eigenvalue weighted by molar-refractivity contribution is 7.86. The minimum atomic E-state index is -1.06. The van der Waals surface area contributed by atoms with Crippen LogP contribution in [0, 0.1) is 11.3 Å². The van der Waals surface area contributed by atoms with E-state index in [1.54, 1.807) is 24.3 Å². The molecule has 0 saturated carbocycles. The summed E-state index contributed by atoms with van der Waals surface area (Å²) in [5.74, 6) is 0. The number of benzene rings is 1. The van der Waals surface area contributed by atoms with Gasteiger partial charge in [-0.3, -0.25) is 0 Å². The van der Waals surface area contributed by atoms with Crippen LogP contribution < -0.4 is 4.72 Å². The number of nitriles is 1. The fourth-order valence-corrected chi connectivity index (χ4v) is 1.45. The minimum Gasteiger partial charge on any atom is -0.305 e. The molecule has 0 heterocycles. The quantitative estimate of drug-likeness (QED) is 0.826. The molecule has 0 fully saturated rings. The van der Waals surface area contributed by atoms with E-state index in [4.69, 9.17) is 5.26 Å². The summed E-state index contributed by atoms with van der Waals surface area (Å²) in [5, 5.41) is 8.64. The van der Waals surface area contributed by atoms with Crippen LogP contribution in [0.4, 0.5) is 5.69 Å². The summed E-state index contributed by atoms with van der Waals surface area (Å²) in [4.78, 5) is 0. The summed E-state index contributed by atoms with van der Waals surface area (Å²) in [6.07, 6.45) is 0. The Morgan fingerprint density at radius 1 is 1.36 bits per heavy atom. The number of anilines is 1. The topological polar surface area (TPSA) is 52.9 Å². The van der Waals surface area contributed by atoms with Crippen LogP contribution in [0.3, 0.4) is 0 Å². The highest BCUT2D eigenvalue weighted by atomic mass is 32.2. The predicted molar refractivity (Wildman–Crippen MR) is 58.1 cm³/mol. The lowest BCUT2D eigenvalue weighted by atomic mass is 10.2. The van der Waals surface area contributed by atoms with Crippen molar-refractivity contribution < 1.29 is 4.21 Å². The number of hydrogen-bond donors (Lipinski definition) is 1. The number of rotatable bonds is 3. The molecule has 0 saturated heterocycles. The third kappa shape index (κ3) is 2.86. The first-order valence-electron chi connectivity index (χ1n) is 4.31. The SMILES string of the molecule is CC(C)S(=O)Nc1ccc(C#N)cc1. The summed E-state index contributed by atoms with van der Waals surface area (Å²) in [5.41, 5.74) is 1.38. The van der Waals surface area contributed by atoms with Gasteiger partial charge in [-0.05, 0) is 38.1 Å². The molecule has 0 aromatic heterocycles. The van der Waals surface area contributed by atoms with Crippen LogP contribution in [-0.4, -0.2) is 9.46 Å². The minimum absolute atomic E-state index is 0.0747. The van der Waals surface area contributed by atoms with Gasteiger partial charge in [0.15, 0.2) is 0 Å². The zero-order valence-electron chi connectivity index (χ0n) is 8.15. The van der Waals surface area contributed by atoms with Gasteiger partial charge in [-0.15, -0.1) is 0 Å². The van der Waals surface area contributed by atoms with Gasteiger partial charge >= 0.3 is 0 Å². The fourth-order valence-electron chi connectivity index (χ4n) is 0.847. The maximum atomic E-state index is 11.4. The number of hydrogen-bond acceptors (Lipinski definition) is 2. The van der Waals surface area contributed by atoms with Gasteiger partial charge in [0.2, 0.25) is 0 Å². The lowest BCUT2D eigenvalue weighted by molar-refractivity contribution is 0.680. The standard InChI is InChI=1S/C10H12N2OS/c1-8(2)14(13)12-10-5-3-9(7-11)4-6-10/h3-6,8,12H,1-2H3. The van der Waals surface area contributed by atoms with Crippen LogP contribution in [0.25, 0.3) is 0 Å². The molecule has 1 N–H and O–H groups in total. The molecular formula is C10H12N2OS. The molecule has 3 nitrogen and oxygen atoms in total. The van der Waals surface area contributed by atoms with Crippen LogP contribution in [-0.2, 0) is 11.0 Å². The smallest absolute Gasteiger partial charge is 0.119 e. The van der Waals surface area contributed by atoms with Crippen molar-refractivity contribution in [1.29, 1.82) is 5.26 Å². The molecule has 0 aliphatic rings. The van der Waals surface area contributed by atoms with Gasteiger partial charge in [-0.25, -0.2) is 4.21 Å². The van der Waals surface area contributed by atoms with Crippen molar-refractivity contribution in [3.8, 4) is 6.07 Å². The Kier molecular flexibility index (Phi) is 3.66. The Morgan fingerprint density at radius 2 is 1.93 bits per heavy atom. The number of nitrogens with zero attached hydrogens (tertiary/aromatic N) is 1. The Morgan fingerprint density at radius 3 is 2.36 bits per heavy atom. The summed E-state index contributed by atoms with van der Waals surface area (Å²) in [6, 6.07) is 8.91. The third-order valence-electron chi connectivity index (χ3n) is 1.66. The van der Waals surface area contributed by atoms with E-state index in [9.17, 15) is 4.21 Å². The van der Waals surface area contributed by atoms with E-state index in [1.165, 1.54) is 0 Å². The van der Waals surface area contributed by atoms with Gasteiger partial charge in [-0.2, -0.15) is 5.26 Å². The van der Waals surface area contributed by atoms with E-state index in [0.29, 0.717) is 5.56 Å². The lowest BCUT2D eigenvalue weighted by Crippen LogP contribution is -2.14. The van der Waals surface area contributed by atoms with Gasteiger partial charge in [0.05, 0.1) is 11.6 Å². The molecule has 74 valence electrons. The molecule has 1 unspecified atom stereocenters. The van der Waals surface area contributed by atoms with Crippen molar-refractivity contribution >= 4 is 16.7 Å². The summed E-state index contributed by atoms with van der Waals surface area (Å²) >= 11 is 0. The summed E-state index contributed by atoms with van der Waals surface area (Å²) in [7, 11) is -1.06. The Hall–Kier alpha value is -1.34. The van der Waals surface area contributed by atoms with Crippen LogP contribution in [0.15, 0.2) is 24.3 Å². The molecule has 1 aromatic carbocycles. The third-order valence-corrected chi connectivity index (χ3v) is 2.95. The highest BCUT2D eigenvalue weighted by Gasteiger charge is 2.04. The largest absolute Gasteiger partial charge is 0.305 e. The molecule has 0 bridgehead atoms. The van der Waals surface area contributed by atoms with Gasteiger partial charge < -0.3 is 4.72 Å². The zero-order valence-corrected chi connectivity index (χ0v) is 8.97. The molecule has 1 aromatic rings. The van der Waals surface area contributed by atoms with Crippen molar-refractivity contribution in [3.63, 3.8) is 0 Å². The first-order valence-corrected chi connectivity index (χ1v) is 5.52. The molecule has 0 amide bonds. The van der Waals surface area contributed by atoms with Crippen LogP contribution in [0.5, 0.6) is 0 Å². The van der Waals surface area contributed by atoms with Gasteiger partial charge in [0, 0.05) is 10.9 Å². The van der Waals surface area contributed by atoms with E-state index in [1.807, 2.05) is 19.9 Å². The maximum Gasteiger partial charge on any atom is 0.119 e. The summed E-state index contributed by atoms with van der Waals surface area (Å²) < 4.78 is 14.3. The molecule has 1 rings (SSSR count). The highest BCUT2D eigenvalue weighted by Crippen LogP contribution is 2.10. The van der Waals surface area contributed by atoms with Gasteiger partial charge in [0.1, 0.15) is 11.0 Å². The summed E-state index contributed by atoms with van der Waals surface area (Å²) in [6.45, 7) is 3.76. The zero-order chi connectivity index (χ0) is 10.6. The van der Waals surface area contributed by atoms with E-state index >= 15 is 0 Å². The lowest BCUT2D eigenvalue weighted by Gasteiger charge is -2.08. The number of nitrogens with one attached hydrogen (secondary N) is 1. The van der Waals surface area contributed by atoms with Gasteiger partial charge in [0.25, 0.3) is 0 Å². The van der Waals surface area contributed by atoms with E-state index in [2.05, 4.69) is 4.72 Å². The average Bonchev–Trinajstić information content (AvgIpc) is 2.19. The van der Waals surface area contributed by atoms with Crippen molar-refractivity contribution in [2.24, 2.45) is 0 Å². The average molecular weight is 208 g/mol. The molecule has 4 heteroatoms. The molecule has 14 heavy (non-hydrogen) atoms. The van der Waals surface area contributed by atoms with Crippen molar-refractivity contribution in [2.75, 3.05) is 4.72 Å². The van der Waals surface area contributed by atoms with Crippen molar-refractivity contribution in [1.82, 2.24) is 0 Å².